The molecule has 2 unspecified atom stereocenters. The highest BCUT2D eigenvalue weighted by Crippen LogP contribution is 2.19. The fourth-order valence-corrected chi connectivity index (χ4v) is 2.94. The zero-order valence-electron chi connectivity index (χ0n) is 11.7. The van der Waals surface area contributed by atoms with Crippen LogP contribution in [0.5, 0.6) is 0 Å². The van der Waals surface area contributed by atoms with Crippen LogP contribution in [0.15, 0.2) is 24.3 Å². The van der Waals surface area contributed by atoms with Crippen molar-refractivity contribution in [2.45, 2.75) is 38.0 Å². The fourth-order valence-electron chi connectivity index (χ4n) is 1.93. The molecule has 0 amide bonds. The molecular formula is C14H22ClNO2S. The summed E-state index contributed by atoms with van der Waals surface area (Å²) in [6.07, 6.45) is 2.87. The second-order valence-electron chi connectivity index (χ2n) is 4.89. The molecule has 1 rings (SSSR count). The van der Waals surface area contributed by atoms with Gasteiger partial charge in [0.1, 0.15) is 0 Å². The van der Waals surface area contributed by atoms with Crippen LogP contribution in [0.25, 0.3) is 0 Å². The van der Waals surface area contributed by atoms with Crippen molar-refractivity contribution in [3.63, 3.8) is 0 Å². The Balaban J connectivity index is 2.89. The molecule has 3 nitrogen and oxygen atoms in total. The first-order valence-corrected chi connectivity index (χ1v) is 8.85. The van der Waals surface area contributed by atoms with Crippen molar-refractivity contribution in [2.24, 2.45) is 0 Å². The van der Waals surface area contributed by atoms with Crippen molar-refractivity contribution >= 4 is 21.4 Å². The Kier molecular flexibility index (Phi) is 6.30. The monoisotopic (exact) mass is 303 g/mol. The first-order valence-electron chi connectivity index (χ1n) is 6.52. The van der Waals surface area contributed by atoms with Gasteiger partial charge in [0.15, 0.2) is 9.84 Å². The third-order valence-corrected chi connectivity index (χ3v) is 5.34. The van der Waals surface area contributed by atoms with E-state index in [2.05, 4.69) is 12.2 Å². The third-order valence-electron chi connectivity index (χ3n) is 3.30. The quantitative estimate of drug-likeness (QED) is 0.842. The highest BCUT2D eigenvalue weighted by atomic mass is 35.5. The largest absolute Gasteiger partial charge is 0.312 e. The third kappa shape index (κ3) is 5.13. The number of nitrogens with one attached hydrogen (secondary N) is 1. The van der Waals surface area contributed by atoms with Gasteiger partial charge in [0.05, 0.1) is 5.25 Å². The smallest absolute Gasteiger partial charge is 0.151 e. The Bertz CT molecular complexity index is 502. The van der Waals surface area contributed by atoms with E-state index < -0.39 is 15.1 Å². The Morgan fingerprint density at radius 3 is 2.47 bits per heavy atom. The number of hydrogen-bond acceptors (Lipinski definition) is 3. The normalized spacial score (nSPS) is 15.2. The van der Waals surface area contributed by atoms with E-state index in [1.54, 1.807) is 6.92 Å². The van der Waals surface area contributed by atoms with Gasteiger partial charge in [-0.2, -0.15) is 0 Å². The molecule has 0 saturated carbocycles. The maximum atomic E-state index is 11.7. The summed E-state index contributed by atoms with van der Waals surface area (Å²) >= 11 is 6.14. The minimum atomic E-state index is -3.07. The molecule has 0 aliphatic carbocycles. The molecule has 2 atom stereocenters. The van der Waals surface area contributed by atoms with Gasteiger partial charge >= 0.3 is 0 Å². The summed E-state index contributed by atoms with van der Waals surface area (Å²) in [4.78, 5) is 0. The first-order chi connectivity index (χ1) is 8.86. The summed E-state index contributed by atoms with van der Waals surface area (Å²) in [5.41, 5.74) is 0.980. The van der Waals surface area contributed by atoms with E-state index in [0.717, 1.165) is 18.5 Å². The molecule has 5 heteroatoms. The molecule has 0 radical (unpaired) electrons. The molecule has 0 aliphatic rings. The second kappa shape index (κ2) is 7.27. The van der Waals surface area contributed by atoms with E-state index in [0.29, 0.717) is 11.4 Å². The molecule has 1 aromatic carbocycles. The summed E-state index contributed by atoms with van der Waals surface area (Å²) in [6.45, 7) is 4.61. The van der Waals surface area contributed by atoms with Crippen LogP contribution in [0.2, 0.25) is 5.02 Å². The fraction of sp³-hybridized carbons (Fsp3) is 0.571. The van der Waals surface area contributed by atoms with Gasteiger partial charge in [0, 0.05) is 17.3 Å². The van der Waals surface area contributed by atoms with E-state index in [4.69, 9.17) is 11.6 Å². The van der Waals surface area contributed by atoms with Crippen molar-refractivity contribution in [1.82, 2.24) is 5.32 Å². The first kappa shape index (κ1) is 16.5. The van der Waals surface area contributed by atoms with Crippen LogP contribution in [0, 0.1) is 0 Å². The number of benzene rings is 1. The molecule has 0 saturated heterocycles. The molecule has 0 fully saturated rings. The Morgan fingerprint density at radius 1 is 1.32 bits per heavy atom. The maximum absolute atomic E-state index is 11.7. The minimum absolute atomic E-state index is 0.116. The predicted molar refractivity (Wildman–Crippen MR) is 81.5 cm³/mol. The van der Waals surface area contributed by atoms with Crippen LogP contribution < -0.4 is 5.32 Å². The topological polar surface area (TPSA) is 46.2 Å². The van der Waals surface area contributed by atoms with Gasteiger partial charge < -0.3 is 5.32 Å². The Morgan fingerprint density at radius 2 is 1.95 bits per heavy atom. The molecular weight excluding hydrogens is 282 g/mol. The molecule has 19 heavy (non-hydrogen) atoms. The number of hydrogen-bond donors (Lipinski definition) is 1. The van der Waals surface area contributed by atoms with E-state index in [-0.39, 0.29) is 6.04 Å². The Hall–Kier alpha value is -0.580. The molecule has 1 aromatic rings. The van der Waals surface area contributed by atoms with Gasteiger partial charge in [0.25, 0.3) is 0 Å². The van der Waals surface area contributed by atoms with Crippen molar-refractivity contribution in [1.29, 1.82) is 0 Å². The lowest BCUT2D eigenvalue weighted by molar-refractivity contribution is 0.482. The average molecular weight is 304 g/mol. The van der Waals surface area contributed by atoms with Gasteiger partial charge in [0.2, 0.25) is 0 Å². The highest BCUT2D eigenvalue weighted by Gasteiger charge is 2.26. The van der Waals surface area contributed by atoms with Crippen molar-refractivity contribution < 1.29 is 8.42 Å². The van der Waals surface area contributed by atoms with E-state index in [1.807, 2.05) is 24.3 Å². The van der Waals surface area contributed by atoms with Gasteiger partial charge in [-0.25, -0.2) is 8.42 Å². The maximum Gasteiger partial charge on any atom is 0.151 e. The zero-order valence-corrected chi connectivity index (χ0v) is 13.3. The van der Waals surface area contributed by atoms with Gasteiger partial charge in [-0.1, -0.05) is 36.7 Å². The molecule has 0 aromatic heterocycles. The van der Waals surface area contributed by atoms with Crippen LogP contribution in [0.4, 0.5) is 0 Å². The van der Waals surface area contributed by atoms with Gasteiger partial charge in [-0.3, -0.25) is 0 Å². The Labute approximate surface area is 121 Å². The second-order valence-corrected chi connectivity index (χ2v) is 7.70. The van der Waals surface area contributed by atoms with Crippen LogP contribution in [0.1, 0.15) is 25.8 Å². The number of sulfone groups is 1. The van der Waals surface area contributed by atoms with Crippen LogP contribution >= 0.6 is 11.6 Å². The highest BCUT2D eigenvalue weighted by molar-refractivity contribution is 7.91. The predicted octanol–water partition coefficient (Wildman–Crippen LogP) is 2.68. The summed E-state index contributed by atoms with van der Waals surface area (Å²) in [5.74, 6) is 0. The summed E-state index contributed by atoms with van der Waals surface area (Å²) in [5, 5.41) is 3.57. The van der Waals surface area contributed by atoms with E-state index in [1.165, 1.54) is 6.26 Å². The van der Waals surface area contributed by atoms with E-state index in [9.17, 15) is 8.42 Å². The number of rotatable bonds is 7. The van der Waals surface area contributed by atoms with Crippen molar-refractivity contribution in [3.8, 4) is 0 Å². The molecule has 1 N–H and O–H groups in total. The van der Waals surface area contributed by atoms with Crippen LogP contribution in [-0.2, 0) is 16.3 Å². The lowest BCUT2D eigenvalue weighted by Gasteiger charge is -2.24. The SMILES string of the molecule is CCCNC(Cc1ccccc1Cl)C(C)S(C)(=O)=O. The molecule has 0 heterocycles. The standard InChI is InChI=1S/C14H22ClNO2S/c1-4-9-16-14(11(2)19(3,17)18)10-12-7-5-6-8-13(12)15/h5-8,11,14,16H,4,9-10H2,1-3H3. The minimum Gasteiger partial charge on any atom is -0.312 e. The van der Waals surface area contributed by atoms with Crippen molar-refractivity contribution in [2.75, 3.05) is 12.8 Å². The van der Waals surface area contributed by atoms with Crippen molar-refractivity contribution in [3.05, 3.63) is 34.9 Å². The molecule has 0 bridgehead atoms. The average Bonchev–Trinajstić information content (AvgIpc) is 2.34. The molecule has 0 aliphatic heterocycles. The van der Waals surface area contributed by atoms with Crippen LogP contribution in [-0.4, -0.2) is 32.5 Å². The molecule has 0 spiro atoms. The lowest BCUT2D eigenvalue weighted by atomic mass is 10.0. The molecule has 108 valence electrons. The zero-order chi connectivity index (χ0) is 14.5. The summed E-state index contributed by atoms with van der Waals surface area (Å²) < 4.78 is 23.5. The lowest BCUT2D eigenvalue weighted by Crippen LogP contribution is -2.44. The van der Waals surface area contributed by atoms with Crippen LogP contribution in [0.3, 0.4) is 0 Å². The summed E-state index contributed by atoms with van der Waals surface area (Å²) in [7, 11) is -3.07. The van der Waals surface area contributed by atoms with Gasteiger partial charge in [-0.05, 0) is 37.9 Å². The summed E-state index contributed by atoms with van der Waals surface area (Å²) in [6, 6.07) is 7.45. The van der Waals surface area contributed by atoms with E-state index >= 15 is 0 Å². The van der Waals surface area contributed by atoms with Gasteiger partial charge in [-0.15, -0.1) is 0 Å². The number of halogens is 1.